The zero-order valence-electron chi connectivity index (χ0n) is 13.2. The Hall–Kier alpha value is -1.61. The van der Waals surface area contributed by atoms with Gasteiger partial charge in [0.1, 0.15) is 0 Å². The first kappa shape index (κ1) is 18.4. The summed E-state index contributed by atoms with van der Waals surface area (Å²) in [5.41, 5.74) is 2.63. The summed E-state index contributed by atoms with van der Waals surface area (Å²) in [5.74, 6) is -1.08. The highest BCUT2D eigenvalue weighted by Gasteiger charge is 2.15. The van der Waals surface area contributed by atoms with Crippen LogP contribution in [-0.4, -0.2) is 37.1 Å². The number of hydrogen-bond donors (Lipinski definition) is 0. The number of carbonyl (C=O) groups is 1. The molecule has 0 saturated heterocycles. The normalized spacial score (nSPS) is 10.4. The molecule has 1 rings (SSSR count). The number of quaternary nitrogens is 1. The first-order valence-electron chi connectivity index (χ1n) is 7.09. The van der Waals surface area contributed by atoms with Gasteiger partial charge in [0.15, 0.2) is 0 Å². The van der Waals surface area contributed by atoms with Gasteiger partial charge in [0.2, 0.25) is 0 Å². The Bertz CT molecular complexity index is 402. The fraction of sp³-hybridized carbons (Fsp3) is 0.471. The first-order valence-corrected chi connectivity index (χ1v) is 7.09. The minimum absolute atomic E-state index is 0.972. The van der Waals surface area contributed by atoms with Crippen molar-refractivity contribution >= 4 is 12.0 Å². The summed E-state index contributed by atoms with van der Waals surface area (Å²) in [6, 6.07) is 8.72. The van der Waals surface area contributed by atoms with E-state index < -0.39 is 5.97 Å². The lowest BCUT2D eigenvalue weighted by molar-refractivity contribution is -0.905. The van der Waals surface area contributed by atoms with Crippen LogP contribution in [0.3, 0.4) is 0 Å². The molecule has 0 spiro atoms. The number of benzene rings is 1. The zero-order valence-corrected chi connectivity index (χ0v) is 13.2. The quantitative estimate of drug-likeness (QED) is 0.747. The maximum Gasteiger partial charge on any atom is 0.0825 e. The average Bonchev–Trinajstić information content (AvgIpc) is 2.44. The summed E-state index contributed by atoms with van der Waals surface area (Å²) in [6.07, 6.45) is 3.05. The van der Waals surface area contributed by atoms with E-state index in [1.165, 1.54) is 30.8 Å². The van der Waals surface area contributed by atoms with Crippen LogP contribution in [0.4, 0.5) is 0 Å². The number of rotatable bonds is 6. The van der Waals surface area contributed by atoms with Crippen LogP contribution in [0.2, 0.25) is 0 Å². The number of carboxylic acids is 1. The number of carbonyl (C=O) groups excluding carboxylic acids is 1. The molecule has 0 aliphatic rings. The SMILES string of the molecule is C=Cc1ccc(CC[N+](C)(CC)CC)cc1.CC(=O)[O-]. The maximum absolute atomic E-state index is 8.89. The van der Waals surface area contributed by atoms with Gasteiger partial charge in [0.25, 0.3) is 0 Å². The van der Waals surface area contributed by atoms with E-state index in [1.54, 1.807) is 0 Å². The topological polar surface area (TPSA) is 40.1 Å². The molecule has 20 heavy (non-hydrogen) atoms. The van der Waals surface area contributed by atoms with Gasteiger partial charge in [-0.25, -0.2) is 0 Å². The molecule has 0 amide bonds. The van der Waals surface area contributed by atoms with Crippen LogP contribution >= 0.6 is 0 Å². The minimum Gasteiger partial charge on any atom is -0.550 e. The van der Waals surface area contributed by atoms with Crippen molar-refractivity contribution in [3.8, 4) is 0 Å². The molecule has 0 atom stereocenters. The first-order chi connectivity index (χ1) is 9.36. The highest BCUT2D eigenvalue weighted by Crippen LogP contribution is 2.09. The summed E-state index contributed by atoms with van der Waals surface area (Å²) in [5, 5.41) is 8.89. The van der Waals surface area contributed by atoms with Gasteiger partial charge >= 0.3 is 0 Å². The van der Waals surface area contributed by atoms with E-state index in [0.717, 1.165) is 17.8 Å². The Morgan fingerprint density at radius 2 is 1.70 bits per heavy atom. The van der Waals surface area contributed by atoms with Crippen molar-refractivity contribution in [2.24, 2.45) is 0 Å². The van der Waals surface area contributed by atoms with Crippen molar-refractivity contribution in [3.63, 3.8) is 0 Å². The van der Waals surface area contributed by atoms with E-state index in [0.29, 0.717) is 0 Å². The fourth-order valence-electron chi connectivity index (χ4n) is 1.76. The van der Waals surface area contributed by atoms with Crippen molar-refractivity contribution in [2.45, 2.75) is 27.2 Å². The number of likely N-dealkylation sites (N-methyl/N-ethyl adjacent to an activating group) is 1. The molecule has 0 unspecified atom stereocenters. The van der Waals surface area contributed by atoms with Gasteiger partial charge in [-0.05, 0) is 31.9 Å². The van der Waals surface area contributed by atoms with Gasteiger partial charge in [-0.15, -0.1) is 0 Å². The van der Waals surface area contributed by atoms with Crippen LogP contribution in [0.25, 0.3) is 6.08 Å². The minimum atomic E-state index is -1.08. The zero-order chi connectivity index (χ0) is 15.6. The lowest BCUT2D eigenvalue weighted by Crippen LogP contribution is -2.44. The molecule has 3 heteroatoms. The van der Waals surface area contributed by atoms with Crippen molar-refractivity contribution < 1.29 is 14.4 Å². The third-order valence-corrected chi connectivity index (χ3v) is 3.68. The lowest BCUT2D eigenvalue weighted by Gasteiger charge is -2.32. The number of nitrogens with zero attached hydrogens (tertiary/aromatic N) is 1. The molecule has 0 bridgehead atoms. The fourth-order valence-corrected chi connectivity index (χ4v) is 1.76. The molecule has 0 N–H and O–H groups in total. The number of aliphatic carboxylic acids is 1. The Morgan fingerprint density at radius 1 is 1.25 bits per heavy atom. The lowest BCUT2D eigenvalue weighted by atomic mass is 10.1. The third kappa shape index (κ3) is 7.74. The molecule has 1 aromatic carbocycles. The second-order valence-corrected chi connectivity index (χ2v) is 5.16. The molecule has 0 aromatic heterocycles. The van der Waals surface area contributed by atoms with Crippen LogP contribution < -0.4 is 5.11 Å². The van der Waals surface area contributed by atoms with E-state index >= 15 is 0 Å². The van der Waals surface area contributed by atoms with E-state index in [1.807, 2.05) is 6.08 Å². The molecule has 3 nitrogen and oxygen atoms in total. The predicted octanol–water partition coefficient (Wildman–Crippen LogP) is 2.11. The Kier molecular flexibility index (Phi) is 8.57. The Morgan fingerprint density at radius 3 is 2.05 bits per heavy atom. The van der Waals surface area contributed by atoms with E-state index in [9.17, 15) is 0 Å². The van der Waals surface area contributed by atoms with E-state index in [2.05, 4.69) is 51.7 Å². The molecule has 0 radical (unpaired) electrons. The van der Waals surface area contributed by atoms with Gasteiger partial charge in [0.05, 0.1) is 26.7 Å². The second kappa shape index (κ2) is 9.32. The second-order valence-electron chi connectivity index (χ2n) is 5.16. The summed E-state index contributed by atoms with van der Waals surface area (Å²) in [7, 11) is 2.33. The van der Waals surface area contributed by atoms with Gasteiger partial charge in [-0.3, -0.25) is 0 Å². The predicted molar refractivity (Wildman–Crippen MR) is 83.1 cm³/mol. The molecule has 0 saturated carbocycles. The maximum atomic E-state index is 8.89. The molecule has 0 aliphatic carbocycles. The van der Waals surface area contributed by atoms with Gasteiger partial charge in [-0.1, -0.05) is 36.9 Å². The summed E-state index contributed by atoms with van der Waals surface area (Å²) in [4.78, 5) is 8.89. The third-order valence-electron chi connectivity index (χ3n) is 3.68. The van der Waals surface area contributed by atoms with Crippen molar-refractivity contribution in [3.05, 3.63) is 42.0 Å². The molecule has 0 fully saturated rings. The molecular weight excluding hydrogens is 250 g/mol. The monoisotopic (exact) mass is 277 g/mol. The molecule has 112 valence electrons. The average molecular weight is 277 g/mol. The van der Waals surface area contributed by atoms with Crippen LogP contribution in [0, 0.1) is 0 Å². The number of carboxylic acid groups (broad SMARTS) is 1. The Labute approximate surface area is 123 Å². The van der Waals surface area contributed by atoms with Crippen LogP contribution in [0.15, 0.2) is 30.8 Å². The summed E-state index contributed by atoms with van der Waals surface area (Å²) in [6.45, 7) is 12.9. The highest BCUT2D eigenvalue weighted by molar-refractivity contribution is 5.60. The molecule has 1 aromatic rings. The smallest absolute Gasteiger partial charge is 0.0825 e. The summed E-state index contributed by atoms with van der Waals surface area (Å²) < 4.78 is 1.16. The standard InChI is InChI=1S/C15H24N.C2H4O2/c1-5-14-8-10-15(11-9-14)12-13-16(4,6-2)7-3;1-2(3)4/h5,8-11H,1,6-7,12-13H2,2-4H3;1H3,(H,3,4)/q+1;/p-1. The highest BCUT2D eigenvalue weighted by atomic mass is 16.4. The van der Waals surface area contributed by atoms with E-state index in [4.69, 9.17) is 9.90 Å². The number of hydrogen-bond acceptors (Lipinski definition) is 2. The van der Waals surface area contributed by atoms with Gasteiger partial charge < -0.3 is 14.4 Å². The van der Waals surface area contributed by atoms with Crippen molar-refractivity contribution in [1.82, 2.24) is 0 Å². The molecular formula is C17H27NO2. The summed E-state index contributed by atoms with van der Waals surface area (Å²) >= 11 is 0. The largest absolute Gasteiger partial charge is 0.550 e. The molecule has 0 heterocycles. The van der Waals surface area contributed by atoms with Crippen LogP contribution in [0.1, 0.15) is 31.9 Å². The van der Waals surface area contributed by atoms with E-state index in [-0.39, 0.29) is 0 Å². The molecule has 0 aliphatic heterocycles. The Balaban J connectivity index is 0.000000796. The van der Waals surface area contributed by atoms with Crippen molar-refractivity contribution in [1.29, 1.82) is 0 Å². The van der Waals surface area contributed by atoms with Crippen molar-refractivity contribution in [2.75, 3.05) is 26.7 Å². The van der Waals surface area contributed by atoms with Crippen LogP contribution in [-0.2, 0) is 11.2 Å². The van der Waals surface area contributed by atoms with Gasteiger partial charge in [0, 0.05) is 12.4 Å². The van der Waals surface area contributed by atoms with Crippen LogP contribution in [0.5, 0.6) is 0 Å². The van der Waals surface area contributed by atoms with Gasteiger partial charge in [-0.2, -0.15) is 0 Å².